The topological polar surface area (TPSA) is 70.1 Å². The van der Waals surface area contributed by atoms with Gasteiger partial charge < -0.3 is 14.7 Å². The van der Waals surface area contributed by atoms with Gasteiger partial charge in [0.15, 0.2) is 6.04 Å². The fourth-order valence-corrected chi connectivity index (χ4v) is 3.57. The molecule has 3 rings (SSSR count). The predicted octanol–water partition coefficient (Wildman–Crippen LogP) is 2.05. The second-order valence-electron chi connectivity index (χ2n) is 6.63. The summed E-state index contributed by atoms with van der Waals surface area (Å²) in [5.74, 6) is -2.26. The highest BCUT2D eigenvalue weighted by molar-refractivity contribution is 5.98. The maximum atomic E-state index is 13.3. The quantitative estimate of drug-likeness (QED) is 0.861. The summed E-state index contributed by atoms with van der Waals surface area (Å²) in [5, 5.41) is 9.47. The van der Waals surface area contributed by atoms with Gasteiger partial charge in [-0.1, -0.05) is 12.1 Å². The van der Waals surface area contributed by atoms with Crippen LogP contribution in [0.15, 0.2) is 24.3 Å². The molecule has 2 heterocycles. The zero-order valence-corrected chi connectivity index (χ0v) is 14.1. The Hall–Kier alpha value is -2.13. The monoisotopic (exact) mass is 372 g/mol. The van der Waals surface area contributed by atoms with Crippen LogP contribution in [0.1, 0.15) is 28.8 Å². The van der Waals surface area contributed by atoms with Gasteiger partial charge in [-0.3, -0.25) is 9.69 Å². The van der Waals surface area contributed by atoms with Gasteiger partial charge in [0, 0.05) is 25.9 Å². The van der Waals surface area contributed by atoms with Crippen molar-refractivity contribution < 1.29 is 32.6 Å². The highest BCUT2D eigenvalue weighted by Crippen LogP contribution is 2.40. The van der Waals surface area contributed by atoms with Gasteiger partial charge in [-0.2, -0.15) is 13.2 Å². The summed E-state index contributed by atoms with van der Waals surface area (Å²) in [6.45, 7) is 0.868. The number of amides is 1. The van der Waals surface area contributed by atoms with Gasteiger partial charge in [0.25, 0.3) is 5.91 Å². The third kappa shape index (κ3) is 3.16. The number of hydrogen-bond donors (Lipinski definition) is 1. The molecule has 1 aromatic rings. The zero-order chi connectivity index (χ0) is 19.1. The summed E-state index contributed by atoms with van der Waals surface area (Å²) in [6.07, 6.45) is -4.04. The normalized spacial score (nSPS) is 23.4. The highest BCUT2D eigenvalue weighted by Gasteiger charge is 2.54. The molecule has 1 unspecified atom stereocenters. The molecule has 2 aliphatic heterocycles. The average Bonchev–Trinajstić information content (AvgIpc) is 2.95. The van der Waals surface area contributed by atoms with Crippen LogP contribution >= 0.6 is 0 Å². The minimum atomic E-state index is -4.72. The third-order valence-electron chi connectivity index (χ3n) is 5.00. The van der Waals surface area contributed by atoms with E-state index >= 15 is 0 Å². The first-order valence-corrected chi connectivity index (χ1v) is 8.21. The lowest BCUT2D eigenvalue weighted by atomic mass is 9.96. The summed E-state index contributed by atoms with van der Waals surface area (Å²) in [5.41, 5.74) is -2.83. The Bertz CT molecular complexity index is 714. The van der Waals surface area contributed by atoms with Gasteiger partial charge in [0.05, 0.1) is 17.7 Å². The summed E-state index contributed by atoms with van der Waals surface area (Å²) < 4.78 is 45.6. The van der Waals surface area contributed by atoms with Crippen molar-refractivity contribution in [3.8, 4) is 0 Å². The fraction of sp³-hybridized carbons (Fsp3) is 0.529. The fourth-order valence-electron chi connectivity index (χ4n) is 3.57. The van der Waals surface area contributed by atoms with E-state index in [4.69, 9.17) is 4.74 Å². The van der Waals surface area contributed by atoms with Crippen molar-refractivity contribution in [3.63, 3.8) is 0 Å². The maximum Gasteiger partial charge on any atom is 0.417 e. The van der Waals surface area contributed by atoms with Crippen LogP contribution < -0.4 is 0 Å². The van der Waals surface area contributed by atoms with Gasteiger partial charge in [-0.05, 0) is 19.2 Å². The second kappa shape index (κ2) is 6.55. The third-order valence-corrected chi connectivity index (χ3v) is 5.00. The van der Waals surface area contributed by atoms with E-state index in [0.29, 0.717) is 25.9 Å². The van der Waals surface area contributed by atoms with Crippen molar-refractivity contribution in [3.05, 3.63) is 35.4 Å². The van der Waals surface area contributed by atoms with Crippen molar-refractivity contribution in [1.82, 2.24) is 9.80 Å². The highest BCUT2D eigenvalue weighted by atomic mass is 19.4. The van der Waals surface area contributed by atoms with Crippen LogP contribution in [-0.2, 0) is 15.7 Å². The molecule has 1 amide bonds. The number of carbonyl (C=O) groups excluding carboxylic acids is 1. The number of alkyl halides is 3. The van der Waals surface area contributed by atoms with Crippen molar-refractivity contribution in [2.45, 2.75) is 30.8 Å². The van der Waals surface area contributed by atoms with E-state index < -0.39 is 40.9 Å². The molecule has 0 radical (unpaired) electrons. The van der Waals surface area contributed by atoms with Crippen LogP contribution in [0.5, 0.6) is 0 Å². The minimum absolute atomic E-state index is 0.237. The minimum Gasteiger partial charge on any atom is -0.480 e. The van der Waals surface area contributed by atoms with Crippen molar-refractivity contribution in [2.24, 2.45) is 0 Å². The molecule has 1 N–H and O–H groups in total. The molecule has 1 aromatic carbocycles. The number of piperidine rings is 1. The standard InChI is InChI=1S/C17H19F3N2O4/c1-21-8-6-16(7-9-21)22(13(10-26-16)15(24)25)14(23)11-4-2-3-5-12(11)17(18,19)20/h2-5,13H,6-10H2,1H3,(H,24,25). The summed E-state index contributed by atoms with van der Waals surface area (Å²) in [7, 11) is 1.88. The largest absolute Gasteiger partial charge is 0.480 e. The Morgan fingerprint density at radius 2 is 1.85 bits per heavy atom. The Labute approximate surface area is 148 Å². The van der Waals surface area contributed by atoms with E-state index in [1.807, 2.05) is 11.9 Å². The van der Waals surface area contributed by atoms with E-state index in [-0.39, 0.29) is 6.61 Å². The predicted molar refractivity (Wildman–Crippen MR) is 84.5 cm³/mol. The molecule has 1 spiro atoms. The Morgan fingerprint density at radius 3 is 2.42 bits per heavy atom. The molecule has 142 valence electrons. The SMILES string of the molecule is CN1CCC2(CC1)OCC(C(=O)O)N2C(=O)c1ccccc1C(F)(F)F. The summed E-state index contributed by atoms with van der Waals surface area (Å²) >= 11 is 0. The molecule has 0 bridgehead atoms. The number of carbonyl (C=O) groups is 2. The lowest BCUT2D eigenvalue weighted by molar-refractivity contribution is -0.144. The molecule has 1 atom stereocenters. The van der Waals surface area contributed by atoms with E-state index in [1.165, 1.54) is 12.1 Å². The van der Waals surface area contributed by atoms with E-state index in [2.05, 4.69) is 0 Å². The number of benzene rings is 1. The van der Waals surface area contributed by atoms with Crippen molar-refractivity contribution >= 4 is 11.9 Å². The molecule has 0 saturated carbocycles. The van der Waals surface area contributed by atoms with E-state index in [0.717, 1.165) is 17.0 Å². The van der Waals surface area contributed by atoms with Gasteiger partial charge in [0.2, 0.25) is 0 Å². The maximum absolute atomic E-state index is 13.3. The number of carboxylic acid groups (broad SMARTS) is 1. The van der Waals surface area contributed by atoms with E-state index in [9.17, 15) is 27.9 Å². The number of aliphatic carboxylic acids is 1. The molecule has 0 aliphatic carbocycles. The summed E-state index contributed by atoms with van der Waals surface area (Å²) in [4.78, 5) is 27.7. The molecule has 0 aromatic heterocycles. The second-order valence-corrected chi connectivity index (χ2v) is 6.63. The van der Waals surface area contributed by atoms with Crippen LogP contribution in [-0.4, -0.2) is 65.3 Å². The number of likely N-dealkylation sites (tertiary alicyclic amines) is 1. The number of halogens is 3. The van der Waals surface area contributed by atoms with Crippen molar-refractivity contribution in [1.29, 1.82) is 0 Å². The number of carboxylic acids is 1. The summed E-state index contributed by atoms with van der Waals surface area (Å²) in [6, 6.07) is 3.11. The van der Waals surface area contributed by atoms with E-state index in [1.54, 1.807) is 0 Å². The average molecular weight is 372 g/mol. The Balaban J connectivity index is 2.03. The number of hydrogen-bond acceptors (Lipinski definition) is 4. The lowest BCUT2D eigenvalue weighted by Gasteiger charge is -2.43. The van der Waals surface area contributed by atoms with Gasteiger partial charge in [-0.25, -0.2) is 4.79 Å². The van der Waals surface area contributed by atoms with Gasteiger partial charge in [0.1, 0.15) is 5.72 Å². The number of rotatable bonds is 2. The molecular formula is C17H19F3N2O4. The van der Waals surface area contributed by atoms with Crippen molar-refractivity contribution in [2.75, 3.05) is 26.7 Å². The number of ether oxygens (including phenoxy) is 1. The Morgan fingerprint density at radius 1 is 1.23 bits per heavy atom. The molecule has 6 nitrogen and oxygen atoms in total. The molecular weight excluding hydrogens is 353 g/mol. The number of nitrogens with zero attached hydrogens (tertiary/aromatic N) is 2. The van der Waals surface area contributed by atoms with Crippen LogP contribution in [0.3, 0.4) is 0 Å². The van der Waals surface area contributed by atoms with Gasteiger partial charge >= 0.3 is 12.1 Å². The molecule has 9 heteroatoms. The zero-order valence-electron chi connectivity index (χ0n) is 14.1. The van der Waals surface area contributed by atoms with Crippen LogP contribution in [0.2, 0.25) is 0 Å². The first kappa shape index (κ1) is 18.7. The Kier molecular flexibility index (Phi) is 4.70. The van der Waals surface area contributed by atoms with Crippen LogP contribution in [0.25, 0.3) is 0 Å². The van der Waals surface area contributed by atoms with Crippen LogP contribution in [0, 0.1) is 0 Å². The lowest BCUT2D eigenvalue weighted by Crippen LogP contribution is -2.58. The molecule has 2 fully saturated rings. The molecule has 2 aliphatic rings. The molecule has 2 saturated heterocycles. The first-order chi connectivity index (χ1) is 12.2. The first-order valence-electron chi connectivity index (χ1n) is 8.21. The van der Waals surface area contributed by atoms with Gasteiger partial charge in [-0.15, -0.1) is 0 Å². The smallest absolute Gasteiger partial charge is 0.417 e. The molecule has 26 heavy (non-hydrogen) atoms. The van der Waals surface area contributed by atoms with Crippen LogP contribution in [0.4, 0.5) is 13.2 Å².